The lowest BCUT2D eigenvalue weighted by Crippen LogP contribution is -2.24. The zero-order chi connectivity index (χ0) is 16.2. The standard InChI is InChI=1S/C15H14N2O5S/c18-13(16-7-14-17-10(8-23-14)15(19)20)6-9-1-2-11-12(5-9)22-4-3-21-11/h1-2,5,8H,3-4,6-7H2,(H,16,18)(H,19,20). The number of benzene rings is 1. The summed E-state index contributed by atoms with van der Waals surface area (Å²) in [5.41, 5.74) is 0.809. The van der Waals surface area contributed by atoms with Gasteiger partial charge in [-0.15, -0.1) is 11.3 Å². The molecule has 3 rings (SSSR count). The van der Waals surface area contributed by atoms with Gasteiger partial charge in [0.1, 0.15) is 18.2 Å². The van der Waals surface area contributed by atoms with Gasteiger partial charge in [0.15, 0.2) is 17.2 Å². The average Bonchev–Trinajstić information content (AvgIpc) is 3.02. The molecule has 1 aliphatic heterocycles. The zero-order valence-corrected chi connectivity index (χ0v) is 12.9. The number of rotatable bonds is 5. The van der Waals surface area contributed by atoms with Crippen molar-refractivity contribution in [3.05, 3.63) is 39.8 Å². The Bertz CT molecular complexity index is 743. The number of aromatic nitrogens is 1. The monoisotopic (exact) mass is 334 g/mol. The lowest BCUT2D eigenvalue weighted by molar-refractivity contribution is -0.120. The van der Waals surface area contributed by atoms with Crippen molar-refractivity contribution in [3.8, 4) is 11.5 Å². The van der Waals surface area contributed by atoms with E-state index in [1.807, 2.05) is 6.07 Å². The van der Waals surface area contributed by atoms with Gasteiger partial charge in [0, 0.05) is 5.38 Å². The highest BCUT2D eigenvalue weighted by Crippen LogP contribution is 2.30. The molecule has 1 aromatic carbocycles. The summed E-state index contributed by atoms with van der Waals surface area (Å²) >= 11 is 1.20. The molecule has 2 N–H and O–H groups in total. The highest BCUT2D eigenvalue weighted by atomic mass is 32.1. The van der Waals surface area contributed by atoms with Crippen molar-refractivity contribution >= 4 is 23.2 Å². The quantitative estimate of drug-likeness (QED) is 0.859. The van der Waals surface area contributed by atoms with Crippen LogP contribution in [0.2, 0.25) is 0 Å². The van der Waals surface area contributed by atoms with E-state index >= 15 is 0 Å². The predicted molar refractivity (Wildman–Crippen MR) is 82.1 cm³/mol. The molecule has 0 saturated carbocycles. The van der Waals surface area contributed by atoms with Crippen LogP contribution in [0.4, 0.5) is 0 Å². The molecule has 2 aromatic rings. The van der Waals surface area contributed by atoms with Gasteiger partial charge in [-0.05, 0) is 17.7 Å². The third-order valence-corrected chi connectivity index (χ3v) is 4.03. The van der Waals surface area contributed by atoms with Crippen molar-refractivity contribution in [2.45, 2.75) is 13.0 Å². The lowest BCUT2D eigenvalue weighted by atomic mass is 10.1. The van der Waals surface area contributed by atoms with Crippen molar-refractivity contribution < 1.29 is 24.2 Å². The highest BCUT2D eigenvalue weighted by Gasteiger charge is 2.14. The van der Waals surface area contributed by atoms with Gasteiger partial charge in [-0.2, -0.15) is 0 Å². The van der Waals surface area contributed by atoms with Crippen molar-refractivity contribution in [2.75, 3.05) is 13.2 Å². The molecular weight excluding hydrogens is 320 g/mol. The van der Waals surface area contributed by atoms with Gasteiger partial charge >= 0.3 is 5.97 Å². The number of nitrogens with one attached hydrogen (secondary N) is 1. The number of aromatic carboxylic acids is 1. The number of ether oxygens (including phenoxy) is 2. The normalized spacial score (nSPS) is 12.7. The first-order valence-corrected chi connectivity index (χ1v) is 7.83. The Labute approximate surface area is 135 Å². The Kier molecular flexibility index (Phi) is 4.42. The van der Waals surface area contributed by atoms with Crippen molar-refractivity contribution in [1.29, 1.82) is 0 Å². The lowest BCUT2D eigenvalue weighted by Gasteiger charge is -2.18. The Morgan fingerprint density at radius 3 is 2.78 bits per heavy atom. The third kappa shape index (κ3) is 3.78. The Balaban J connectivity index is 1.55. The number of fused-ring (bicyclic) bond motifs is 1. The number of carbonyl (C=O) groups is 2. The number of amides is 1. The van der Waals surface area contributed by atoms with Gasteiger partial charge in [0.05, 0.1) is 13.0 Å². The minimum atomic E-state index is -1.07. The van der Waals surface area contributed by atoms with E-state index in [2.05, 4.69) is 10.3 Å². The van der Waals surface area contributed by atoms with Crippen LogP contribution in [0.15, 0.2) is 23.6 Å². The summed E-state index contributed by atoms with van der Waals surface area (Å²) in [5.74, 6) is 0.0841. The molecule has 1 aliphatic rings. The summed E-state index contributed by atoms with van der Waals surface area (Å²) in [4.78, 5) is 26.6. The third-order valence-electron chi connectivity index (χ3n) is 3.18. The minimum Gasteiger partial charge on any atom is -0.486 e. The molecule has 1 aromatic heterocycles. The summed E-state index contributed by atoms with van der Waals surface area (Å²) in [7, 11) is 0. The van der Waals surface area contributed by atoms with E-state index in [-0.39, 0.29) is 24.6 Å². The first kappa shape index (κ1) is 15.3. The summed E-state index contributed by atoms with van der Waals surface area (Å²) in [5, 5.41) is 13.5. The molecule has 0 saturated heterocycles. The highest BCUT2D eigenvalue weighted by molar-refractivity contribution is 7.09. The fourth-order valence-corrected chi connectivity index (χ4v) is 2.82. The number of nitrogens with zero attached hydrogens (tertiary/aromatic N) is 1. The molecule has 8 heteroatoms. The van der Waals surface area contributed by atoms with E-state index in [4.69, 9.17) is 14.6 Å². The van der Waals surface area contributed by atoms with Gasteiger partial charge in [-0.1, -0.05) is 6.07 Å². The van der Waals surface area contributed by atoms with Gasteiger partial charge in [0.2, 0.25) is 5.91 Å². The molecule has 7 nitrogen and oxygen atoms in total. The van der Waals surface area contributed by atoms with Gasteiger partial charge < -0.3 is 19.9 Å². The van der Waals surface area contributed by atoms with Crippen LogP contribution >= 0.6 is 11.3 Å². The van der Waals surface area contributed by atoms with Gasteiger partial charge in [-0.3, -0.25) is 4.79 Å². The Hall–Kier alpha value is -2.61. The van der Waals surface area contributed by atoms with Crippen molar-refractivity contribution in [1.82, 2.24) is 10.3 Å². The largest absolute Gasteiger partial charge is 0.486 e. The predicted octanol–water partition coefficient (Wildman–Crippen LogP) is 1.47. The van der Waals surface area contributed by atoms with Crippen LogP contribution in [0.3, 0.4) is 0 Å². The van der Waals surface area contributed by atoms with Crippen LogP contribution in [0.25, 0.3) is 0 Å². The maximum Gasteiger partial charge on any atom is 0.355 e. The van der Waals surface area contributed by atoms with Crippen LogP contribution in [0, 0.1) is 0 Å². The van der Waals surface area contributed by atoms with E-state index in [1.54, 1.807) is 12.1 Å². The molecular formula is C15H14N2O5S. The van der Waals surface area contributed by atoms with E-state index in [9.17, 15) is 9.59 Å². The molecule has 23 heavy (non-hydrogen) atoms. The van der Waals surface area contributed by atoms with Gasteiger partial charge in [-0.25, -0.2) is 9.78 Å². The molecule has 0 fully saturated rings. The van der Waals surface area contributed by atoms with Crippen molar-refractivity contribution in [2.24, 2.45) is 0 Å². The smallest absolute Gasteiger partial charge is 0.355 e. The maximum atomic E-state index is 12.0. The number of carbonyl (C=O) groups excluding carboxylic acids is 1. The van der Waals surface area contributed by atoms with Crippen LogP contribution in [0.1, 0.15) is 21.1 Å². The Morgan fingerprint density at radius 1 is 1.26 bits per heavy atom. The fourth-order valence-electron chi connectivity index (χ4n) is 2.11. The molecule has 0 unspecified atom stereocenters. The maximum absolute atomic E-state index is 12.0. The molecule has 0 atom stereocenters. The van der Waals surface area contributed by atoms with Crippen molar-refractivity contribution in [3.63, 3.8) is 0 Å². The van der Waals surface area contributed by atoms with Crippen LogP contribution < -0.4 is 14.8 Å². The topological polar surface area (TPSA) is 97.8 Å². The van der Waals surface area contributed by atoms with E-state index in [0.717, 1.165) is 5.56 Å². The molecule has 0 spiro atoms. The second kappa shape index (κ2) is 6.66. The average molecular weight is 334 g/mol. The molecule has 2 heterocycles. The molecule has 0 bridgehead atoms. The molecule has 120 valence electrons. The van der Waals surface area contributed by atoms with Crippen LogP contribution in [-0.2, 0) is 17.8 Å². The van der Waals surface area contributed by atoms with E-state index < -0.39 is 5.97 Å². The number of carboxylic acid groups (broad SMARTS) is 1. The van der Waals surface area contributed by atoms with Crippen LogP contribution in [0.5, 0.6) is 11.5 Å². The summed E-state index contributed by atoms with van der Waals surface area (Å²) < 4.78 is 10.9. The number of thiazole rings is 1. The van der Waals surface area contributed by atoms with E-state index in [1.165, 1.54) is 16.7 Å². The minimum absolute atomic E-state index is 0.00825. The summed E-state index contributed by atoms with van der Waals surface area (Å²) in [6.45, 7) is 1.24. The van der Waals surface area contributed by atoms with E-state index in [0.29, 0.717) is 29.7 Å². The first-order valence-electron chi connectivity index (χ1n) is 6.95. The SMILES string of the molecule is O=C(Cc1ccc2c(c1)OCCO2)NCc1nc(C(=O)O)cs1. The fraction of sp³-hybridized carbons (Fsp3) is 0.267. The second-order valence-electron chi connectivity index (χ2n) is 4.86. The van der Waals surface area contributed by atoms with Crippen LogP contribution in [-0.4, -0.2) is 35.2 Å². The van der Waals surface area contributed by atoms with Gasteiger partial charge in [0.25, 0.3) is 0 Å². The molecule has 0 aliphatic carbocycles. The second-order valence-corrected chi connectivity index (χ2v) is 5.81. The number of hydrogen-bond acceptors (Lipinski definition) is 6. The molecule has 0 radical (unpaired) electrons. The summed E-state index contributed by atoms with van der Waals surface area (Å²) in [6, 6.07) is 5.40. The number of hydrogen-bond donors (Lipinski definition) is 2. The number of carboxylic acids is 1. The first-order chi connectivity index (χ1) is 11.1. The summed E-state index contributed by atoms with van der Waals surface area (Å²) in [6.07, 6.45) is 0.202. The Morgan fingerprint density at radius 2 is 2.04 bits per heavy atom. The zero-order valence-electron chi connectivity index (χ0n) is 12.1. The molecule has 1 amide bonds.